The molecule has 0 bridgehead atoms. The highest BCUT2D eigenvalue weighted by Crippen LogP contribution is 2.37. The van der Waals surface area contributed by atoms with Gasteiger partial charge in [-0.15, -0.1) is 0 Å². The number of nitrogens with zero attached hydrogens (tertiary/aromatic N) is 1. The van der Waals surface area contributed by atoms with Crippen molar-refractivity contribution in [2.45, 2.75) is 32.7 Å². The quantitative estimate of drug-likeness (QED) is 0.908. The number of rotatable bonds is 3. The van der Waals surface area contributed by atoms with Crippen LogP contribution >= 0.6 is 0 Å². The van der Waals surface area contributed by atoms with Crippen molar-refractivity contribution >= 4 is 11.9 Å². The Morgan fingerprint density at radius 3 is 2.68 bits per heavy atom. The number of piperidine rings is 1. The van der Waals surface area contributed by atoms with E-state index in [0.717, 1.165) is 11.1 Å². The Bertz CT molecular complexity index is 496. The van der Waals surface area contributed by atoms with Crippen LogP contribution in [0.1, 0.15) is 36.9 Å². The molecule has 0 unspecified atom stereocenters. The monoisotopic (exact) mass is 261 g/mol. The lowest BCUT2D eigenvalue weighted by molar-refractivity contribution is -0.151. The number of amides is 1. The lowest BCUT2D eigenvalue weighted by Crippen LogP contribution is -2.45. The standard InChI is InChI=1S/C15H19NO3/c1-3-16-13(17)9-8-12(15(18)19)14(16)11-7-5-4-6-10(11)2/h4-7,12,14H,3,8-9H2,1-2H3,(H,18,19)/t12-,14+/m1/s1. The molecule has 19 heavy (non-hydrogen) atoms. The van der Waals surface area contributed by atoms with E-state index in [0.29, 0.717) is 19.4 Å². The van der Waals surface area contributed by atoms with E-state index < -0.39 is 11.9 Å². The van der Waals surface area contributed by atoms with Gasteiger partial charge in [0.15, 0.2) is 0 Å². The predicted molar refractivity (Wildman–Crippen MR) is 71.7 cm³/mol. The van der Waals surface area contributed by atoms with Gasteiger partial charge in [0.05, 0.1) is 12.0 Å². The minimum absolute atomic E-state index is 0.0493. The zero-order chi connectivity index (χ0) is 14.0. The maximum atomic E-state index is 12.0. The van der Waals surface area contributed by atoms with Crippen LogP contribution < -0.4 is 0 Å². The van der Waals surface area contributed by atoms with Gasteiger partial charge in [0, 0.05) is 13.0 Å². The molecule has 0 aliphatic carbocycles. The summed E-state index contributed by atoms with van der Waals surface area (Å²) in [6.45, 7) is 4.40. The number of likely N-dealkylation sites (tertiary alicyclic amines) is 1. The molecule has 4 heteroatoms. The van der Waals surface area contributed by atoms with Gasteiger partial charge in [-0.3, -0.25) is 9.59 Å². The van der Waals surface area contributed by atoms with E-state index in [1.807, 2.05) is 38.1 Å². The van der Waals surface area contributed by atoms with Crippen LogP contribution in [0.15, 0.2) is 24.3 Å². The van der Waals surface area contributed by atoms with Crippen LogP contribution in [-0.4, -0.2) is 28.4 Å². The Morgan fingerprint density at radius 1 is 1.42 bits per heavy atom. The molecule has 1 fully saturated rings. The molecule has 0 radical (unpaired) electrons. The number of carbonyl (C=O) groups is 2. The number of aryl methyl sites for hydroxylation is 1. The lowest BCUT2D eigenvalue weighted by Gasteiger charge is -2.39. The zero-order valence-electron chi connectivity index (χ0n) is 11.3. The molecule has 2 rings (SSSR count). The third kappa shape index (κ3) is 2.48. The van der Waals surface area contributed by atoms with Crippen molar-refractivity contribution < 1.29 is 14.7 Å². The van der Waals surface area contributed by atoms with Crippen LogP contribution in [0, 0.1) is 12.8 Å². The van der Waals surface area contributed by atoms with Crippen LogP contribution in [0.4, 0.5) is 0 Å². The number of hydrogen-bond acceptors (Lipinski definition) is 2. The predicted octanol–water partition coefficient (Wildman–Crippen LogP) is 2.38. The third-order valence-electron chi connectivity index (χ3n) is 3.87. The van der Waals surface area contributed by atoms with Gasteiger partial charge < -0.3 is 10.0 Å². The van der Waals surface area contributed by atoms with Crippen LogP contribution in [0.3, 0.4) is 0 Å². The minimum atomic E-state index is -0.820. The van der Waals surface area contributed by atoms with Crippen molar-refractivity contribution in [2.24, 2.45) is 5.92 Å². The summed E-state index contributed by atoms with van der Waals surface area (Å²) in [6, 6.07) is 7.37. The highest BCUT2D eigenvalue weighted by Gasteiger charge is 2.40. The molecule has 2 atom stereocenters. The summed E-state index contributed by atoms with van der Waals surface area (Å²) >= 11 is 0. The van der Waals surface area contributed by atoms with Crippen molar-refractivity contribution in [3.63, 3.8) is 0 Å². The number of carboxylic acid groups (broad SMARTS) is 1. The second-order valence-corrected chi connectivity index (χ2v) is 4.96. The van der Waals surface area contributed by atoms with Crippen molar-refractivity contribution in [3.8, 4) is 0 Å². The number of hydrogen-bond donors (Lipinski definition) is 1. The first-order chi connectivity index (χ1) is 9.06. The first-order valence-corrected chi connectivity index (χ1v) is 6.64. The average molecular weight is 261 g/mol. The number of carbonyl (C=O) groups excluding carboxylic acids is 1. The van der Waals surface area contributed by atoms with Gasteiger partial charge in [0.2, 0.25) is 5.91 Å². The molecule has 0 aromatic heterocycles. The Hall–Kier alpha value is -1.84. The Balaban J connectivity index is 2.47. The van der Waals surface area contributed by atoms with Gasteiger partial charge in [-0.1, -0.05) is 24.3 Å². The molecule has 0 spiro atoms. The van der Waals surface area contributed by atoms with Gasteiger partial charge in [-0.2, -0.15) is 0 Å². The highest BCUT2D eigenvalue weighted by molar-refractivity contribution is 5.81. The molecule has 1 amide bonds. The zero-order valence-corrected chi connectivity index (χ0v) is 11.3. The molecule has 1 aliphatic heterocycles. The molecule has 1 aromatic carbocycles. The normalized spacial score (nSPS) is 23.5. The summed E-state index contributed by atoms with van der Waals surface area (Å²) in [5.74, 6) is -1.29. The van der Waals surface area contributed by atoms with Crippen LogP contribution in [0.25, 0.3) is 0 Å². The van der Waals surface area contributed by atoms with Gasteiger partial charge in [0.25, 0.3) is 0 Å². The van der Waals surface area contributed by atoms with Gasteiger partial charge in [-0.05, 0) is 31.4 Å². The molecule has 1 saturated heterocycles. The van der Waals surface area contributed by atoms with Crippen LogP contribution in [0.2, 0.25) is 0 Å². The fraction of sp³-hybridized carbons (Fsp3) is 0.467. The number of aliphatic carboxylic acids is 1. The fourth-order valence-corrected chi connectivity index (χ4v) is 2.89. The Kier molecular flexibility index (Phi) is 3.88. The minimum Gasteiger partial charge on any atom is -0.481 e. The van der Waals surface area contributed by atoms with Crippen LogP contribution in [0.5, 0.6) is 0 Å². The second kappa shape index (κ2) is 5.43. The molecule has 1 heterocycles. The fourth-order valence-electron chi connectivity index (χ4n) is 2.89. The molecule has 0 saturated carbocycles. The van der Waals surface area contributed by atoms with E-state index in [4.69, 9.17) is 0 Å². The topological polar surface area (TPSA) is 57.6 Å². The first kappa shape index (κ1) is 13.6. The summed E-state index contributed by atoms with van der Waals surface area (Å²) in [6.07, 6.45) is 0.747. The maximum absolute atomic E-state index is 12.0. The van der Waals surface area contributed by atoms with Crippen molar-refractivity contribution in [1.82, 2.24) is 4.90 Å². The third-order valence-corrected chi connectivity index (χ3v) is 3.87. The van der Waals surface area contributed by atoms with Gasteiger partial charge >= 0.3 is 5.97 Å². The van der Waals surface area contributed by atoms with Crippen LogP contribution in [-0.2, 0) is 9.59 Å². The summed E-state index contributed by atoms with van der Waals surface area (Å²) in [5.41, 5.74) is 1.98. The molecule has 4 nitrogen and oxygen atoms in total. The van der Waals surface area contributed by atoms with Crippen molar-refractivity contribution in [1.29, 1.82) is 0 Å². The molecular formula is C15H19NO3. The highest BCUT2D eigenvalue weighted by atomic mass is 16.4. The smallest absolute Gasteiger partial charge is 0.308 e. The molecule has 102 valence electrons. The lowest BCUT2D eigenvalue weighted by atomic mass is 9.83. The van der Waals surface area contributed by atoms with Crippen molar-refractivity contribution in [3.05, 3.63) is 35.4 Å². The van der Waals surface area contributed by atoms with E-state index in [-0.39, 0.29) is 11.9 Å². The summed E-state index contributed by atoms with van der Waals surface area (Å²) in [5, 5.41) is 9.42. The summed E-state index contributed by atoms with van der Waals surface area (Å²) < 4.78 is 0. The summed E-state index contributed by atoms with van der Waals surface area (Å²) in [7, 11) is 0. The molecule has 1 N–H and O–H groups in total. The molecule has 1 aromatic rings. The van der Waals surface area contributed by atoms with Crippen molar-refractivity contribution in [2.75, 3.05) is 6.54 Å². The van der Waals surface area contributed by atoms with E-state index in [1.54, 1.807) is 4.90 Å². The molecular weight excluding hydrogens is 242 g/mol. The first-order valence-electron chi connectivity index (χ1n) is 6.64. The number of benzene rings is 1. The van der Waals surface area contributed by atoms with E-state index in [1.165, 1.54) is 0 Å². The van der Waals surface area contributed by atoms with E-state index in [2.05, 4.69) is 0 Å². The number of carboxylic acids is 1. The maximum Gasteiger partial charge on any atom is 0.308 e. The largest absolute Gasteiger partial charge is 0.481 e. The van der Waals surface area contributed by atoms with E-state index >= 15 is 0 Å². The van der Waals surface area contributed by atoms with Gasteiger partial charge in [-0.25, -0.2) is 0 Å². The Morgan fingerprint density at radius 2 is 2.11 bits per heavy atom. The average Bonchev–Trinajstić information content (AvgIpc) is 2.38. The second-order valence-electron chi connectivity index (χ2n) is 4.96. The molecule has 1 aliphatic rings. The Labute approximate surface area is 113 Å². The summed E-state index contributed by atoms with van der Waals surface area (Å²) in [4.78, 5) is 25.2. The van der Waals surface area contributed by atoms with E-state index in [9.17, 15) is 14.7 Å². The SMILES string of the molecule is CCN1C(=O)CC[C@@H](C(=O)O)[C@@H]1c1ccccc1C. The van der Waals surface area contributed by atoms with Gasteiger partial charge in [0.1, 0.15) is 0 Å².